The highest BCUT2D eigenvalue weighted by atomic mass is 19.1. The third-order valence-electron chi connectivity index (χ3n) is 4.15. The number of piperazine rings is 1. The van der Waals surface area contributed by atoms with Crippen LogP contribution in [-0.4, -0.2) is 53.7 Å². The minimum Gasteiger partial charge on any atom is -0.450 e. The number of carbonyl (C=O) groups is 1. The van der Waals surface area contributed by atoms with Gasteiger partial charge in [0.05, 0.1) is 12.3 Å². The second-order valence-corrected chi connectivity index (χ2v) is 6.08. The van der Waals surface area contributed by atoms with E-state index in [9.17, 15) is 13.6 Å². The molecular weight excluding hydrogens is 356 g/mol. The van der Waals surface area contributed by atoms with Gasteiger partial charge in [0, 0.05) is 38.3 Å². The SMILES string of the molecule is CCOC(=O)N1CCN(c2cc(Nc3ccc(F)cc3F)nc(C)n2)CC1. The lowest BCUT2D eigenvalue weighted by molar-refractivity contribution is 0.105. The molecule has 1 aliphatic heterocycles. The Morgan fingerprint density at radius 1 is 1.19 bits per heavy atom. The van der Waals surface area contributed by atoms with Gasteiger partial charge in [0.1, 0.15) is 29.1 Å². The van der Waals surface area contributed by atoms with Crippen LogP contribution in [0, 0.1) is 18.6 Å². The molecule has 1 amide bonds. The molecule has 1 aliphatic rings. The predicted molar refractivity (Wildman–Crippen MR) is 97.2 cm³/mol. The molecule has 2 aromatic rings. The van der Waals surface area contributed by atoms with E-state index in [1.54, 1.807) is 24.8 Å². The Labute approximate surface area is 156 Å². The van der Waals surface area contributed by atoms with Gasteiger partial charge in [0.2, 0.25) is 0 Å². The van der Waals surface area contributed by atoms with Gasteiger partial charge in [-0.1, -0.05) is 0 Å². The summed E-state index contributed by atoms with van der Waals surface area (Å²) in [6.45, 7) is 6.10. The van der Waals surface area contributed by atoms with E-state index >= 15 is 0 Å². The Morgan fingerprint density at radius 2 is 1.93 bits per heavy atom. The quantitative estimate of drug-likeness (QED) is 0.883. The van der Waals surface area contributed by atoms with Crippen molar-refractivity contribution >= 4 is 23.4 Å². The highest BCUT2D eigenvalue weighted by Gasteiger charge is 2.23. The summed E-state index contributed by atoms with van der Waals surface area (Å²) >= 11 is 0. The van der Waals surface area contributed by atoms with Crippen LogP contribution in [0.5, 0.6) is 0 Å². The summed E-state index contributed by atoms with van der Waals surface area (Å²) in [5.41, 5.74) is 0.132. The van der Waals surface area contributed by atoms with Gasteiger partial charge in [-0.3, -0.25) is 0 Å². The zero-order valence-corrected chi connectivity index (χ0v) is 15.2. The number of anilines is 3. The van der Waals surface area contributed by atoms with E-state index in [0.29, 0.717) is 50.2 Å². The molecule has 0 atom stereocenters. The van der Waals surface area contributed by atoms with Crippen LogP contribution in [0.4, 0.5) is 30.9 Å². The molecule has 1 fully saturated rings. The number of aromatic nitrogens is 2. The normalized spacial score (nSPS) is 14.2. The van der Waals surface area contributed by atoms with Crippen LogP contribution >= 0.6 is 0 Å². The van der Waals surface area contributed by atoms with Crippen molar-refractivity contribution < 1.29 is 18.3 Å². The van der Waals surface area contributed by atoms with Crippen LogP contribution in [-0.2, 0) is 4.74 Å². The molecule has 0 spiro atoms. The summed E-state index contributed by atoms with van der Waals surface area (Å²) in [5.74, 6) is 0.269. The van der Waals surface area contributed by atoms with E-state index in [1.165, 1.54) is 12.1 Å². The van der Waals surface area contributed by atoms with Crippen LogP contribution in [0.15, 0.2) is 24.3 Å². The summed E-state index contributed by atoms with van der Waals surface area (Å²) in [4.78, 5) is 24.2. The van der Waals surface area contributed by atoms with Crippen molar-refractivity contribution in [1.29, 1.82) is 0 Å². The fourth-order valence-corrected chi connectivity index (χ4v) is 2.84. The Morgan fingerprint density at radius 3 is 2.59 bits per heavy atom. The van der Waals surface area contributed by atoms with Gasteiger partial charge in [-0.15, -0.1) is 0 Å². The third kappa shape index (κ3) is 4.60. The van der Waals surface area contributed by atoms with E-state index < -0.39 is 11.6 Å². The summed E-state index contributed by atoms with van der Waals surface area (Å²) in [6.07, 6.45) is -0.315. The lowest BCUT2D eigenvalue weighted by Crippen LogP contribution is -2.49. The summed E-state index contributed by atoms with van der Waals surface area (Å²) in [6, 6.07) is 5.01. The molecule has 1 saturated heterocycles. The van der Waals surface area contributed by atoms with Crippen molar-refractivity contribution in [3.63, 3.8) is 0 Å². The van der Waals surface area contributed by atoms with Crippen LogP contribution < -0.4 is 10.2 Å². The summed E-state index contributed by atoms with van der Waals surface area (Å²) in [7, 11) is 0. The largest absolute Gasteiger partial charge is 0.450 e. The number of nitrogens with one attached hydrogen (secondary N) is 1. The molecule has 0 aliphatic carbocycles. The fourth-order valence-electron chi connectivity index (χ4n) is 2.84. The van der Waals surface area contributed by atoms with E-state index in [0.717, 1.165) is 6.07 Å². The van der Waals surface area contributed by atoms with E-state index in [4.69, 9.17) is 4.74 Å². The Bertz CT molecular complexity index is 825. The molecule has 144 valence electrons. The van der Waals surface area contributed by atoms with Gasteiger partial charge in [0.25, 0.3) is 0 Å². The van der Waals surface area contributed by atoms with Crippen molar-refractivity contribution in [3.05, 3.63) is 41.7 Å². The van der Waals surface area contributed by atoms with E-state index in [1.807, 2.05) is 4.90 Å². The van der Waals surface area contributed by atoms with E-state index in [2.05, 4.69) is 15.3 Å². The average molecular weight is 377 g/mol. The van der Waals surface area contributed by atoms with Crippen molar-refractivity contribution in [3.8, 4) is 0 Å². The Hall–Kier alpha value is -2.97. The summed E-state index contributed by atoms with van der Waals surface area (Å²) < 4.78 is 31.9. The van der Waals surface area contributed by atoms with Crippen LogP contribution in [0.1, 0.15) is 12.7 Å². The number of carbonyl (C=O) groups excluding carboxylic acids is 1. The van der Waals surface area contributed by atoms with Crippen LogP contribution in [0.2, 0.25) is 0 Å². The highest BCUT2D eigenvalue weighted by molar-refractivity contribution is 5.68. The first kappa shape index (κ1) is 18.8. The molecule has 1 aromatic heterocycles. The molecule has 0 saturated carbocycles. The second kappa shape index (κ2) is 8.15. The molecule has 0 radical (unpaired) electrons. The molecule has 27 heavy (non-hydrogen) atoms. The fraction of sp³-hybridized carbons (Fsp3) is 0.389. The lowest BCUT2D eigenvalue weighted by Gasteiger charge is -2.34. The predicted octanol–water partition coefficient (Wildman–Crippen LogP) is 3.09. The van der Waals surface area contributed by atoms with Crippen LogP contribution in [0.25, 0.3) is 0 Å². The van der Waals surface area contributed by atoms with E-state index in [-0.39, 0.29) is 11.8 Å². The minimum absolute atomic E-state index is 0.132. The molecule has 9 heteroatoms. The number of halogens is 2. The minimum atomic E-state index is -0.698. The number of aryl methyl sites for hydroxylation is 1. The first-order valence-corrected chi connectivity index (χ1v) is 8.70. The first-order valence-electron chi connectivity index (χ1n) is 8.70. The zero-order chi connectivity index (χ0) is 19.4. The summed E-state index contributed by atoms with van der Waals surface area (Å²) in [5, 5.41) is 2.86. The smallest absolute Gasteiger partial charge is 0.409 e. The molecule has 1 aromatic carbocycles. The van der Waals surface area contributed by atoms with Gasteiger partial charge in [-0.05, 0) is 26.0 Å². The number of hydrogen-bond acceptors (Lipinski definition) is 6. The topological polar surface area (TPSA) is 70.6 Å². The van der Waals surface area contributed by atoms with Gasteiger partial charge in [0.15, 0.2) is 0 Å². The second-order valence-electron chi connectivity index (χ2n) is 6.08. The van der Waals surface area contributed by atoms with Crippen molar-refractivity contribution in [2.24, 2.45) is 0 Å². The highest BCUT2D eigenvalue weighted by Crippen LogP contribution is 2.23. The van der Waals surface area contributed by atoms with Crippen molar-refractivity contribution in [1.82, 2.24) is 14.9 Å². The molecule has 1 N–H and O–H groups in total. The van der Waals surface area contributed by atoms with Crippen molar-refractivity contribution in [2.45, 2.75) is 13.8 Å². The molecule has 0 unspecified atom stereocenters. The maximum absolute atomic E-state index is 13.9. The van der Waals surface area contributed by atoms with Gasteiger partial charge < -0.3 is 19.9 Å². The number of rotatable bonds is 4. The molecule has 2 heterocycles. The standard InChI is InChI=1S/C18H21F2N5O2/c1-3-27-18(26)25-8-6-24(7-9-25)17-11-16(21-12(2)22-17)23-15-5-4-13(19)10-14(15)20/h4-5,10-11H,3,6-9H2,1-2H3,(H,21,22,23). The maximum atomic E-state index is 13.9. The number of nitrogens with zero attached hydrogens (tertiary/aromatic N) is 4. The molecule has 7 nitrogen and oxygen atoms in total. The number of ether oxygens (including phenoxy) is 1. The maximum Gasteiger partial charge on any atom is 0.409 e. The van der Waals surface area contributed by atoms with Gasteiger partial charge in [-0.25, -0.2) is 23.5 Å². The Balaban J connectivity index is 1.71. The third-order valence-corrected chi connectivity index (χ3v) is 4.15. The van der Waals surface area contributed by atoms with Crippen LogP contribution in [0.3, 0.4) is 0 Å². The number of benzene rings is 1. The number of hydrogen-bond donors (Lipinski definition) is 1. The zero-order valence-electron chi connectivity index (χ0n) is 15.2. The average Bonchev–Trinajstić information content (AvgIpc) is 2.64. The number of amides is 1. The van der Waals surface area contributed by atoms with Gasteiger partial charge in [-0.2, -0.15) is 0 Å². The Kier molecular flexibility index (Phi) is 5.68. The van der Waals surface area contributed by atoms with Gasteiger partial charge >= 0.3 is 6.09 Å². The molecular formula is C18H21F2N5O2. The lowest BCUT2D eigenvalue weighted by atomic mass is 10.3. The first-order chi connectivity index (χ1) is 13.0. The molecule has 3 rings (SSSR count). The monoisotopic (exact) mass is 377 g/mol. The molecule has 0 bridgehead atoms. The van der Waals surface area contributed by atoms with Crippen molar-refractivity contribution in [2.75, 3.05) is 43.0 Å².